The number of fused-ring (bicyclic) bond motifs is 1. The van der Waals surface area contributed by atoms with E-state index in [2.05, 4.69) is 15.4 Å². The van der Waals surface area contributed by atoms with Crippen molar-refractivity contribution in [2.75, 3.05) is 11.5 Å². The molecule has 1 saturated heterocycles. The minimum Gasteiger partial charge on any atom is -0.345 e. The van der Waals surface area contributed by atoms with Crippen LogP contribution in [0.15, 0.2) is 60.9 Å². The van der Waals surface area contributed by atoms with Gasteiger partial charge in [0.1, 0.15) is 17.3 Å². The van der Waals surface area contributed by atoms with Gasteiger partial charge in [0.2, 0.25) is 0 Å². The smallest absolute Gasteiger partial charge is 0.251 e. The summed E-state index contributed by atoms with van der Waals surface area (Å²) in [6.07, 6.45) is 3.07. The van der Waals surface area contributed by atoms with Crippen LogP contribution in [0.4, 0.5) is 8.78 Å². The number of aromatic nitrogens is 3. The zero-order chi connectivity index (χ0) is 24.1. The molecule has 2 aromatic carbocycles. The molecular weight excluding hydrogens is 462 g/mol. The number of benzene rings is 2. The van der Waals surface area contributed by atoms with Crippen molar-refractivity contribution < 1.29 is 22.7 Å². The van der Waals surface area contributed by atoms with Crippen LogP contribution in [0.3, 0.4) is 0 Å². The molecule has 4 aromatic rings. The third-order valence-electron chi connectivity index (χ3n) is 5.94. The Kier molecular flexibility index (Phi) is 5.38. The summed E-state index contributed by atoms with van der Waals surface area (Å²) in [4.78, 5) is 17.0. The van der Waals surface area contributed by atoms with Gasteiger partial charge in [-0.3, -0.25) is 18.9 Å². The van der Waals surface area contributed by atoms with E-state index in [0.29, 0.717) is 39.8 Å². The largest absolute Gasteiger partial charge is 0.345 e. The van der Waals surface area contributed by atoms with Crippen molar-refractivity contribution in [1.29, 1.82) is 0 Å². The molecular formula is C24H22F2N4O3S. The molecule has 0 bridgehead atoms. The highest BCUT2D eigenvalue weighted by Crippen LogP contribution is 2.50. The van der Waals surface area contributed by atoms with Crippen LogP contribution in [-0.4, -0.2) is 46.8 Å². The minimum absolute atomic E-state index is 0.109. The SMILES string of the molecule is CC1(NC(=O)c2ccc3c(-c4cncc(F)c4)nn(-c4ccc(F)cc4)c3c2)CCS(O)(O)C1. The Morgan fingerprint density at radius 3 is 2.53 bits per heavy atom. The first-order valence-corrected chi connectivity index (χ1v) is 12.5. The third-order valence-corrected chi connectivity index (χ3v) is 7.90. The normalized spacial score (nSPS) is 20.4. The maximum atomic E-state index is 13.9. The molecule has 10 heteroatoms. The topological polar surface area (TPSA) is 100 Å². The Labute approximate surface area is 195 Å². The van der Waals surface area contributed by atoms with Crippen LogP contribution in [0, 0.1) is 11.6 Å². The van der Waals surface area contributed by atoms with Crippen molar-refractivity contribution in [1.82, 2.24) is 20.1 Å². The van der Waals surface area contributed by atoms with Gasteiger partial charge in [0.15, 0.2) is 0 Å². The number of carbonyl (C=O) groups excluding carboxylic acids is 1. The van der Waals surface area contributed by atoms with Crippen molar-refractivity contribution in [3.8, 4) is 16.9 Å². The number of hydrogen-bond acceptors (Lipinski definition) is 5. The lowest BCUT2D eigenvalue weighted by atomic mass is 10.0. The molecule has 1 unspecified atom stereocenters. The average Bonchev–Trinajstić information content (AvgIpc) is 3.30. The summed E-state index contributed by atoms with van der Waals surface area (Å²) in [7, 11) is -2.69. The summed E-state index contributed by atoms with van der Waals surface area (Å²) >= 11 is 0. The summed E-state index contributed by atoms with van der Waals surface area (Å²) < 4.78 is 48.9. The lowest BCUT2D eigenvalue weighted by molar-refractivity contribution is 0.0915. The Hall–Kier alpha value is -3.34. The van der Waals surface area contributed by atoms with Gasteiger partial charge in [-0.25, -0.2) is 13.5 Å². The summed E-state index contributed by atoms with van der Waals surface area (Å²) in [6, 6.07) is 12.1. The lowest BCUT2D eigenvalue weighted by Crippen LogP contribution is -2.46. The van der Waals surface area contributed by atoms with Crippen LogP contribution in [0.5, 0.6) is 0 Å². The van der Waals surface area contributed by atoms with Gasteiger partial charge >= 0.3 is 0 Å². The summed E-state index contributed by atoms with van der Waals surface area (Å²) in [5.41, 5.74) is 1.70. The Morgan fingerprint density at radius 2 is 1.85 bits per heavy atom. The molecule has 7 nitrogen and oxygen atoms in total. The van der Waals surface area contributed by atoms with Crippen molar-refractivity contribution in [2.45, 2.75) is 18.9 Å². The van der Waals surface area contributed by atoms with Crippen LogP contribution in [0.1, 0.15) is 23.7 Å². The van der Waals surface area contributed by atoms with E-state index in [1.165, 1.54) is 24.4 Å². The van der Waals surface area contributed by atoms with Gasteiger partial charge in [0.05, 0.1) is 28.7 Å². The molecule has 2 aromatic heterocycles. The van der Waals surface area contributed by atoms with Gasteiger partial charge < -0.3 is 5.32 Å². The highest BCUT2D eigenvalue weighted by atomic mass is 32.3. The first-order chi connectivity index (χ1) is 16.1. The Morgan fingerprint density at radius 1 is 1.09 bits per heavy atom. The monoisotopic (exact) mass is 484 g/mol. The maximum Gasteiger partial charge on any atom is 0.251 e. The summed E-state index contributed by atoms with van der Waals surface area (Å²) in [5, 5.41) is 8.22. The number of hydrogen-bond donors (Lipinski definition) is 3. The number of pyridine rings is 1. The number of carbonyl (C=O) groups is 1. The Balaban J connectivity index is 1.59. The molecule has 34 heavy (non-hydrogen) atoms. The van der Waals surface area contributed by atoms with Crippen molar-refractivity contribution in [3.63, 3.8) is 0 Å². The first-order valence-electron chi connectivity index (χ1n) is 10.6. The third kappa shape index (κ3) is 4.27. The van der Waals surface area contributed by atoms with Gasteiger partial charge in [0.25, 0.3) is 5.91 Å². The molecule has 3 N–H and O–H groups in total. The van der Waals surface area contributed by atoms with Crippen LogP contribution in [0.25, 0.3) is 27.8 Å². The molecule has 0 radical (unpaired) electrons. The zero-order valence-electron chi connectivity index (χ0n) is 18.2. The number of nitrogens with zero attached hydrogens (tertiary/aromatic N) is 3. The second kappa shape index (κ2) is 8.15. The van der Waals surface area contributed by atoms with E-state index in [1.54, 1.807) is 41.9 Å². The molecule has 0 aliphatic carbocycles. The molecule has 176 valence electrons. The molecule has 1 amide bonds. The molecule has 3 heterocycles. The van der Waals surface area contributed by atoms with Gasteiger partial charge in [-0.1, -0.05) is 0 Å². The number of amides is 1. The van der Waals surface area contributed by atoms with Crippen LogP contribution >= 0.6 is 10.6 Å². The van der Waals surface area contributed by atoms with Gasteiger partial charge in [-0.05, 0) is 61.9 Å². The van der Waals surface area contributed by atoms with Crippen LogP contribution < -0.4 is 5.32 Å². The standard InChI is InChI=1S/C24H22F2N4O3S/c1-24(8-9-34(32,33)14-24)28-23(31)15-2-7-20-21(11-15)30(19-5-3-17(25)4-6-19)29-22(20)16-10-18(26)13-27-12-16/h2-7,10-13,32-33H,8-9,14H2,1H3,(H,28,31). The predicted molar refractivity (Wildman–Crippen MR) is 127 cm³/mol. The van der Waals surface area contributed by atoms with E-state index in [9.17, 15) is 22.7 Å². The Bertz CT molecular complexity index is 1410. The fraction of sp³-hybridized carbons (Fsp3) is 0.208. The number of nitrogens with one attached hydrogen (secondary N) is 1. The van der Waals surface area contributed by atoms with E-state index in [0.717, 1.165) is 6.20 Å². The summed E-state index contributed by atoms with van der Waals surface area (Å²) in [6.45, 7) is 1.79. The molecule has 5 rings (SSSR count). The highest BCUT2D eigenvalue weighted by molar-refractivity contribution is 8.24. The molecule has 0 saturated carbocycles. The summed E-state index contributed by atoms with van der Waals surface area (Å²) in [5.74, 6) is -0.898. The van der Waals surface area contributed by atoms with Crippen molar-refractivity contribution in [2.24, 2.45) is 0 Å². The van der Waals surface area contributed by atoms with Gasteiger partial charge in [-0.2, -0.15) is 15.7 Å². The van der Waals surface area contributed by atoms with Gasteiger partial charge in [0, 0.05) is 28.5 Å². The van der Waals surface area contributed by atoms with E-state index in [4.69, 9.17) is 0 Å². The quantitative estimate of drug-likeness (QED) is 0.378. The lowest BCUT2D eigenvalue weighted by Gasteiger charge is -2.30. The average molecular weight is 485 g/mol. The molecule has 1 fully saturated rings. The van der Waals surface area contributed by atoms with E-state index in [-0.39, 0.29) is 17.4 Å². The maximum absolute atomic E-state index is 13.9. The van der Waals surface area contributed by atoms with Crippen molar-refractivity contribution >= 4 is 27.4 Å². The molecule has 1 aliphatic heterocycles. The van der Waals surface area contributed by atoms with E-state index in [1.807, 2.05) is 0 Å². The van der Waals surface area contributed by atoms with E-state index < -0.39 is 27.8 Å². The second-order valence-electron chi connectivity index (χ2n) is 8.78. The molecule has 1 aliphatic rings. The number of rotatable bonds is 4. The van der Waals surface area contributed by atoms with Crippen molar-refractivity contribution in [3.05, 3.63) is 78.1 Å². The predicted octanol–water partition coefficient (Wildman–Crippen LogP) is 5.01. The second-order valence-corrected chi connectivity index (χ2v) is 11.1. The molecule has 1 atom stereocenters. The van der Waals surface area contributed by atoms with E-state index >= 15 is 0 Å². The first kappa shape index (κ1) is 22.5. The van der Waals surface area contributed by atoms with Crippen LogP contribution in [0.2, 0.25) is 0 Å². The fourth-order valence-corrected chi connectivity index (χ4v) is 6.44. The fourth-order valence-electron chi connectivity index (χ4n) is 4.28. The highest BCUT2D eigenvalue weighted by Gasteiger charge is 2.39. The number of halogens is 2. The molecule has 0 spiro atoms. The minimum atomic E-state index is -2.69. The van der Waals surface area contributed by atoms with Crippen LogP contribution in [-0.2, 0) is 0 Å². The van der Waals surface area contributed by atoms with Gasteiger partial charge in [-0.15, -0.1) is 0 Å². The zero-order valence-corrected chi connectivity index (χ0v) is 19.0.